The number of hydrogen-bond donors (Lipinski definition) is 1. The fourth-order valence-electron chi connectivity index (χ4n) is 6.48. The zero-order valence-electron chi connectivity index (χ0n) is 21.6. The van der Waals surface area contributed by atoms with E-state index < -0.39 is 5.67 Å². The maximum Gasteiger partial charge on any atom is 0.137 e. The van der Waals surface area contributed by atoms with E-state index in [1.807, 2.05) is 37.9 Å². The second-order valence-corrected chi connectivity index (χ2v) is 11.5. The minimum absolute atomic E-state index is 0.214. The Bertz CT molecular complexity index is 1840. The summed E-state index contributed by atoms with van der Waals surface area (Å²) in [5, 5.41) is 13.4. The molecule has 9 rings (SSSR count). The molecule has 0 unspecified atom stereocenters. The van der Waals surface area contributed by atoms with Crippen LogP contribution in [0.4, 0.5) is 4.39 Å². The van der Waals surface area contributed by atoms with Gasteiger partial charge in [0.2, 0.25) is 0 Å². The lowest BCUT2D eigenvalue weighted by molar-refractivity contribution is -0.209. The number of fused-ring (bicyclic) bond motifs is 2. The Hall–Kier alpha value is -4.31. The number of aryl methyl sites for hydroxylation is 1. The first kappa shape index (κ1) is 22.7. The summed E-state index contributed by atoms with van der Waals surface area (Å²) in [6.07, 6.45) is 18.2. The number of nitrogens with zero attached hydrogens (tertiary/aromatic N) is 8. The van der Waals surface area contributed by atoms with Crippen LogP contribution in [-0.4, -0.2) is 50.7 Å². The second-order valence-electron chi connectivity index (χ2n) is 11.5. The van der Waals surface area contributed by atoms with Crippen molar-refractivity contribution in [1.82, 2.24) is 43.8 Å². The minimum Gasteiger partial charge on any atom is -0.349 e. The summed E-state index contributed by atoms with van der Waals surface area (Å²) in [4.78, 5) is 9.21. The van der Waals surface area contributed by atoms with Crippen LogP contribution in [0.15, 0.2) is 73.8 Å². The van der Waals surface area contributed by atoms with Crippen molar-refractivity contribution in [2.75, 3.05) is 6.54 Å². The molecule has 0 radical (unpaired) electrons. The average molecular weight is 522 g/mol. The zero-order valence-corrected chi connectivity index (χ0v) is 21.6. The topological polar surface area (TPSA) is 82.8 Å². The van der Waals surface area contributed by atoms with Gasteiger partial charge in [-0.3, -0.25) is 4.98 Å². The molecule has 0 aromatic carbocycles. The van der Waals surface area contributed by atoms with Gasteiger partial charge in [0.05, 0.1) is 35.8 Å². The van der Waals surface area contributed by atoms with Gasteiger partial charge in [-0.1, -0.05) is 11.3 Å². The van der Waals surface area contributed by atoms with Crippen molar-refractivity contribution in [3.63, 3.8) is 0 Å². The molecular formula is C29H28FN9. The van der Waals surface area contributed by atoms with E-state index in [0.29, 0.717) is 6.54 Å². The number of nitrogens with one attached hydrogen (secondary N) is 1. The molecule has 0 aliphatic heterocycles. The first-order valence-electron chi connectivity index (χ1n) is 13.3. The fourth-order valence-corrected chi connectivity index (χ4v) is 6.48. The van der Waals surface area contributed by atoms with Crippen LogP contribution in [0.1, 0.15) is 30.5 Å². The van der Waals surface area contributed by atoms with Crippen molar-refractivity contribution in [3.8, 4) is 16.9 Å². The van der Waals surface area contributed by atoms with Gasteiger partial charge in [0.1, 0.15) is 17.0 Å². The fraction of sp³-hybridized carbons (Fsp3) is 0.310. The lowest BCUT2D eigenvalue weighted by Crippen LogP contribution is -2.67. The monoisotopic (exact) mass is 521 g/mol. The molecule has 3 saturated carbocycles. The SMILES string of the molecule is Cn1ccc2cn(-c3cncc(-c4cn(Cc5cn6cc(CNCC78CC(F)(C7)C8)ccc6n5)nn4)c3)cc21. The first-order valence-corrected chi connectivity index (χ1v) is 13.3. The van der Waals surface area contributed by atoms with E-state index in [1.165, 1.54) is 16.5 Å². The maximum absolute atomic E-state index is 13.7. The molecule has 0 amide bonds. The highest BCUT2D eigenvalue weighted by atomic mass is 19.1. The molecule has 1 N–H and O–H groups in total. The van der Waals surface area contributed by atoms with Crippen LogP contribution in [0.3, 0.4) is 0 Å². The number of alkyl halides is 1. The molecule has 39 heavy (non-hydrogen) atoms. The highest BCUT2D eigenvalue weighted by molar-refractivity contribution is 5.80. The van der Waals surface area contributed by atoms with Crippen LogP contribution in [-0.2, 0) is 20.1 Å². The number of pyridine rings is 2. The molecule has 196 valence electrons. The maximum atomic E-state index is 13.7. The number of imidazole rings is 1. The Morgan fingerprint density at radius 1 is 1.03 bits per heavy atom. The minimum atomic E-state index is -0.835. The van der Waals surface area contributed by atoms with E-state index in [1.54, 1.807) is 4.68 Å². The third kappa shape index (κ3) is 3.85. The van der Waals surface area contributed by atoms with E-state index in [9.17, 15) is 4.39 Å². The van der Waals surface area contributed by atoms with Gasteiger partial charge in [0.25, 0.3) is 0 Å². The average Bonchev–Trinajstić information content (AvgIpc) is 3.68. The molecule has 6 aromatic rings. The van der Waals surface area contributed by atoms with Crippen LogP contribution in [0.2, 0.25) is 0 Å². The standard InChI is InChI=1S/C29H28FN9/c1-36-5-4-21-11-37(15-26(21)36)24-6-22(8-31-9-24)25-14-39(35-34-25)13-23-12-38-10-20(2-3-27(38)33-23)7-32-19-28-16-29(30,17-28)18-28/h2-6,8-12,14-15,32H,7,13,16-19H2,1H3. The van der Waals surface area contributed by atoms with Gasteiger partial charge < -0.3 is 18.9 Å². The molecule has 2 bridgehead atoms. The van der Waals surface area contributed by atoms with Crippen molar-refractivity contribution in [2.45, 2.75) is 38.0 Å². The van der Waals surface area contributed by atoms with E-state index in [2.05, 4.69) is 77.1 Å². The summed E-state index contributed by atoms with van der Waals surface area (Å²) in [6, 6.07) is 8.31. The summed E-state index contributed by atoms with van der Waals surface area (Å²) in [5.41, 5.74) is 6.17. The van der Waals surface area contributed by atoms with E-state index in [-0.39, 0.29) is 5.41 Å². The van der Waals surface area contributed by atoms with Crippen LogP contribution in [0.25, 0.3) is 33.5 Å². The van der Waals surface area contributed by atoms with Crippen LogP contribution in [0.5, 0.6) is 0 Å². The Morgan fingerprint density at radius 2 is 1.92 bits per heavy atom. The summed E-state index contributed by atoms with van der Waals surface area (Å²) in [6.45, 7) is 2.18. The third-order valence-electron chi connectivity index (χ3n) is 8.34. The van der Waals surface area contributed by atoms with E-state index >= 15 is 0 Å². The summed E-state index contributed by atoms with van der Waals surface area (Å²) in [5.74, 6) is 0. The number of halogens is 1. The van der Waals surface area contributed by atoms with Crippen LogP contribution in [0, 0.1) is 5.41 Å². The molecule has 3 fully saturated rings. The molecule has 6 aromatic heterocycles. The largest absolute Gasteiger partial charge is 0.349 e. The van der Waals surface area contributed by atoms with Gasteiger partial charge in [-0.2, -0.15) is 0 Å². The first-order chi connectivity index (χ1) is 18.9. The molecule has 0 saturated heterocycles. The molecular weight excluding hydrogens is 493 g/mol. The van der Waals surface area contributed by atoms with Crippen LogP contribution >= 0.6 is 0 Å². The molecule has 9 nitrogen and oxygen atoms in total. The number of hydrogen-bond acceptors (Lipinski definition) is 5. The van der Waals surface area contributed by atoms with Crippen molar-refractivity contribution in [3.05, 3.63) is 85.1 Å². The predicted molar refractivity (Wildman–Crippen MR) is 145 cm³/mol. The van der Waals surface area contributed by atoms with Gasteiger partial charge in [-0.25, -0.2) is 14.1 Å². The lowest BCUT2D eigenvalue weighted by atomic mass is 9.42. The Morgan fingerprint density at radius 3 is 2.77 bits per heavy atom. The Kier molecular flexibility index (Phi) is 4.70. The summed E-state index contributed by atoms with van der Waals surface area (Å²) >= 11 is 0. The number of aromatic nitrogens is 8. The second kappa shape index (κ2) is 8.09. The predicted octanol–water partition coefficient (Wildman–Crippen LogP) is 4.30. The lowest BCUT2D eigenvalue weighted by Gasteiger charge is -2.66. The highest BCUT2D eigenvalue weighted by Gasteiger charge is 2.68. The van der Waals surface area contributed by atoms with Gasteiger partial charge in [0, 0.05) is 68.3 Å². The van der Waals surface area contributed by atoms with Gasteiger partial charge in [0.15, 0.2) is 0 Å². The third-order valence-corrected chi connectivity index (χ3v) is 8.34. The molecule has 3 aliphatic carbocycles. The molecule has 0 spiro atoms. The van der Waals surface area contributed by atoms with Crippen LogP contribution < -0.4 is 5.32 Å². The van der Waals surface area contributed by atoms with E-state index in [4.69, 9.17) is 4.98 Å². The molecule has 6 heterocycles. The molecule has 10 heteroatoms. The van der Waals surface area contributed by atoms with Crippen molar-refractivity contribution in [2.24, 2.45) is 12.5 Å². The summed E-state index contributed by atoms with van der Waals surface area (Å²) < 4.78 is 21.8. The Balaban J connectivity index is 0.955. The Labute approximate surface area is 223 Å². The summed E-state index contributed by atoms with van der Waals surface area (Å²) in [7, 11) is 2.04. The quantitative estimate of drug-likeness (QED) is 0.323. The number of rotatable bonds is 8. The van der Waals surface area contributed by atoms with Crippen molar-refractivity contribution < 1.29 is 4.39 Å². The van der Waals surface area contributed by atoms with Gasteiger partial charge in [-0.15, -0.1) is 5.10 Å². The normalized spacial score (nSPS) is 21.9. The van der Waals surface area contributed by atoms with Gasteiger partial charge >= 0.3 is 0 Å². The van der Waals surface area contributed by atoms with Crippen molar-refractivity contribution in [1.29, 1.82) is 0 Å². The van der Waals surface area contributed by atoms with Gasteiger partial charge in [-0.05, 0) is 48.4 Å². The highest BCUT2D eigenvalue weighted by Crippen LogP contribution is 2.69. The van der Waals surface area contributed by atoms with Crippen molar-refractivity contribution >= 4 is 16.6 Å². The zero-order chi connectivity index (χ0) is 26.2. The smallest absolute Gasteiger partial charge is 0.137 e. The molecule has 3 aliphatic rings. The van der Waals surface area contributed by atoms with E-state index in [0.717, 1.165) is 60.6 Å². The molecule has 0 atom stereocenters.